The Morgan fingerprint density at radius 2 is 2.10 bits per heavy atom. The summed E-state index contributed by atoms with van der Waals surface area (Å²) in [6.07, 6.45) is 5.33. The second-order valence-electron chi connectivity index (χ2n) is 6.25. The van der Waals surface area contributed by atoms with Crippen LogP contribution in [0.3, 0.4) is 0 Å². The molecule has 0 aliphatic carbocycles. The van der Waals surface area contributed by atoms with E-state index in [4.69, 9.17) is 11.6 Å². The average molecular weight is 323 g/mol. The van der Waals surface area contributed by atoms with Crippen molar-refractivity contribution in [3.05, 3.63) is 16.7 Å². The Hall–Kier alpha value is -0.910. The number of piperidine rings is 1. The Bertz CT molecular complexity index is 644. The van der Waals surface area contributed by atoms with Crippen molar-refractivity contribution in [3.63, 3.8) is 0 Å². The van der Waals surface area contributed by atoms with Crippen molar-refractivity contribution in [2.75, 3.05) is 18.9 Å². The summed E-state index contributed by atoms with van der Waals surface area (Å²) in [6.45, 7) is 0.985. The molecule has 2 atom stereocenters. The quantitative estimate of drug-likeness (QED) is 0.876. The summed E-state index contributed by atoms with van der Waals surface area (Å²) in [7, 11) is 2.28. The van der Waals surface area contributed by atoms with Gasteiger partial charge in [0.25, 0.3) is 0 Å². The number of hydrogen-bond donors (Lipinski definition) is 1. The molecule has 0 spiro atoms. The molecule has 0 aromatic carbocycles. The molecule has 112 valence electrons. The Balaban J connectivity index is 1.48. The summed E-state index contributed by atoms with van der Waals surface area (Å²) in [5, 5.41) is 6.97. The molecule has 2 saturated heterocycles. The molecule has 2 aromatic heterocycles. The first kappa shape index (κ1) is 13.7. The molecule has 2 aliphatic rings. The minimum absolute atomic E-state index is 0.330. The first-order chi connectivity index (χ1) is 10.2. The summed E-state index contributed by atoms with van der Waals surface area (Å²) in [5.41, 5.74) is 0. The maximum Gasteiger partial charge on any atom is 0.225 e. The van der Waals surface area contributed by atoms with Gasteiger partial charge in [-0.05, 0) is 61.7 Å². The minimum Gasteiger partial charge on any atom is -0.369 e. The van der Waals surface area contributed by atoms with Gasteiger partial charge in [-0.2, -0.15) is 0 Å². The molecule has 6 heteroatoms. The number of rotatable bonds is 3. The lowest BCUT2D eigenvalue weighted by atomic mass is 9.91. The maximum absolute atomic E-state index is 6.02. The summed E-state index contributed by atoms with van der Waals surface area (Å²) in [5.74, 6) is 1.62. The fourth-order valence-corrected chi connectivity index (χ4v) is 4.88. The molecular formula is C15H19ClN4S. The molecule has 4 nitrogen and oxygen atoms in total. The van der Waals surface area contributed by atoms with Crippen molar-refractivity contribution in [2.45, 2.75) is 37.8 Å². The van der Waals surface area contributed by atoms with Crippen molar-refractivity contribution in [2.24, 2.45) is 5.92 Å². The monoisotopic (exact) mass is 322 g/mol. The van der Waals surface area contributed by atoms with Crippen LogP contribution < -0.4 is 5.32 Å². The molecule has 2 bridgehead atoms. The standard InChI is InChI=1S/C15H19ClN4S/c1-20-10-2-3-11(20)7-9(6-10)8-17-13-12-4-5-21-14(12)19-15(16)18-13/h4-5,9-11H,2-3,6-8H2,1H3,(H,17,18,19). The summed E-state index contributed by atoms with van der Waals surface area (Å²) < 4.78 is 0. The number of nitrogens with zero attached hydrogens (tertiary/aromatic N) is 3. The maximum atomic E-state index is 6.02. The van der Waals surface area contributed by atoms with Gasteiger partial charge in [0.05, 0.1) is 5.39 Å². The van der Waals surface area contributed by atoms with E-state index in [0.29, 0.717) is 5.28 Å². The first-order valence-electron chi connectivity index (χ1n) is 7.57. The Kier molecular flexibility index (Phi) is 3.52. The van der Waals surface area contributed by atoms with Crippen molar-refractivity contribution in [1.82, 2.24) is 14.9 Å². The topological polar surface area (TPSA) is 41.0 Å². The number of aromatic nitrogens is 2. The predicted octanol–water partition coefficient (Wildman–Crippen LogP) is 3.63. The highest BCUT2D eigenvalue weighted by molar-refractivity contribution is 7.16. The van der Waals surface area contributed by atoms with E-state index in [1.54, 1.807) is 11.3 Å². The highest BCUT2D eigenvalue weighted by Crippen LogP contribution is 2.37. The van der Waals surface area contributed by atoms with Gasteiger partial charge in [-0.3, -0.25) is 0 Å². The Morgan fingerprint density at radius 1 is 1.33 bits per heavy atom. The fraction of sp³-hybridized carbons (Fsp3) is 0.600. The average Bonchev–Trinajstić information content (AvgIpc) is 2.98. The SMILES string of the molecule is CN1C2CCC1CC(CNc1nc(Cl)nc3sccc13)C2. The normalized spacial score (nSPS) is 29.1. The summed E-state index contributed by atoms with van der Waals surface area (Å²) in [4.78, 5) is 12.2. The van der Waals surface area contributed by atoms with Gasteiger partial charge in [0.2, 0.25) is 5.28 Å². The Morgan fingerprint density at radius 3 is 2.86 bits per heavy atom. The van der Waals surface area contributed by atoms with Crippen LogP contribution >= 0.6 is 22.9 Å². The van der Waals surface area contributed by atoms with E-state index < -0.39 is 0 Å². The van der Waals surface area contributed by atoms with Crippen LogP contribution in [0.4, 0.5) is 5.82 Å². The van der Waals surface area contributed by atoms with Gasteiger partial charge in [0.1, 0.15) is 10.6 Å². The van der Waals surface area contributed by atoms with E-state index in [-0.39, 0.29) is 0 Å². The van der Waals surface area contributed by atoms with E-state index in [0.717, 1.165) is 40.6 Å². The summed E-state index contributed by atoms with van der Waals surface area (Å²) >= 11 is 7.62. The van der Waals surface area contributed by atoms with Crippen molar-refractivity contribution < 1.29 is 0 Å². The number of halogens is 1. The van der Waals surface area contributed by atoms with E-state index in [1.807, 2.05) is 5.38 Å². The van der Waals surface area contributed by atoms with Gasteiger partial charge in [0, 0.05) is 18.6 Å². The third-order valence-electron chi connectivity index (χ3n) is 5.05. The van der Waals surface area contributed by atoms with E-state index in [2.05, 4.69) is 33.3 Å². The lowest BCUT2D eigenvalue weighted by molar-refractivity contribution is 0.139. The van der Waals surface area contributed by atoms with Gasteiger partial charge in [-0.25, -0.2) is 9.97 Å². The molecule has 2 aromatic rings. The summed E-state index contributed by atoms with van der Waals surface area (Å²) in [6, 6.07) is 3.63. The lowest BCUT2D eigenvalue weighted by Crippen LogP contribution is -2.41. The molecule has 2 unspecified atom stereocenters. The van der Waals surface area contributed by atoms with Gasteiger partial charge < -0.3 is 10.2 Å². The minimum atomic E-state index is 0.330. The Labute approximate surface area is 133 Å². The molecule has 0 amide bonds. The zero-order valence-corrected chi connectivity index (χ0v) is 13.6. The van der Waals surface area contributed by atoms with Crippen LogP contribution in [0.5, 0.6) is 0 Å². The van der Waals surface area contributed by atoms with E-state index in [9.17, 15) is 0 Å². The number of anilines is 1. The predicted molar refractivity (Wildman–Crippen MR) is 88.2 cm³/mol. The highest BCUT2D eigenvalue weighted by atomic mass is 35.5. The number of fused-ring (bicyclic) bond motifs is 3. The number of hydrogen-bond acceptors (Lipinski definition) is 5. The number of thiophene rings is 1. The zero-order chi connectivity index (χ0) is 14.4. The van der Waals surface area contributed by atoms with Crippen LogP contribution in [0.2, 0.25) is 5.28 Å². The van der Waals surface area contributed by atoms with Gasteiger partial charge >= 0.3 is 0 Å². The van der Waals surface area contributed by atoms with Gasteiger partial charge in [-0.15, -0.1) is 11.3 Å². The molecular weight excluding hydrogens is 304 g/mol. The third kappa shape index (κ3) is 2.51. The van der Waals surface area contributed by atoms with E-state index >= 15 is 0 Å². The molecule has 2 aliphatic heterocycles. The van der Waals surface area contributed by atoms with Crippen LogP contribution in [-0.2, 0) is 0 Å². The lowest BCUT2D eigenvalue weighted by Gasteiger charge is -2.36. The van der Waals surface area contributed by atoms with Crippen molar-refractivity contribution in [3.8, 4) is 0 Å². The smallest absolute Gasteiger partial charge is 0.225 e. The largest absolute Gasteiger partial charge is 0.369 e. The molecule has 4 rings (SSSR count). The molecule has 2 fully saturated rings. The van der Waals surface area contributed by atoms with Gasteiger partial charge in [-0.1, -0.05) is 0 Å². The third-order valence-corrected chi connectivity index (χ3v) is 6.03. The van der Waals surface area contributed by atoms with Crippen molar-refractivity contribution >= 4 is 39.0 Å². The van der Waals surface area contributed by atoms with Crippen LogP contribution in [0.1, 0.15) is 25.7 Å². The second kappa shape index (κ2) is 5.38. The first-order valence-corrected chi connectivity index (χ1v) is 8.83. The van der Waals surface area contributed by atoms with Crippen molar-refractivity contribution in [1.29, 1.82) is 0 Å². The van der Waals surface area contributed by atoms with Crippen LogP contribution in [0.15, 0.2) is 11.4 Å². The van der Waals surface area contributed by atoms with Gasteiger partial charge in [0.15, 0.2) is 0 Å². The number of nitrogens with one attached hydrogen (secondary N) is 1. The molecule has 21 heavy (non-hydrogen) atoms. The molecule has 4 heterocycles. The van der Waals surface area contributed by atoms with Crippen LogP contribution in [-0.4, -0.2) is 40.5 Å². The highest BCUT2D eigenvalue weighted by Gasteiger charge is 2.38. The van der Waals surface area contributed by atoms with Crippen LogP contribution in [0, 0.1) is 5.92 Å². The molecule has 0 saturated carbocycles. The molecule has 0 radical (unpaired) electrons. The molecule has 1 N–H and O–H groups in total. The zero-order valence-electron chi connectivity index (χ0n) is 12.1. The van der Waals surface area contributed by atoms with Crippen LogP contribution in [0.25, 0.3) is 10.2 Å². The second-order valence-corrected chi connectivity index (χ2v) is 7.48. The van der Waals surface area contributed by atoms with E-state index in [1.165, 1.54) is 25.7 Å². The fourth-order valence-electron chi connectivity index (χ4n) is 3.90.